The third-order valence-corrected chi connectivity index (χ3v) is 1.92. The molecule has 0 saturated carbocycles. The Morgan fingerprint density at radius 1 is 1.29 bits per heavy atom. The molecule has 0 heterocycles. The van der Waals surface area contributed by atoms with Crippen molar-refractivity contribution in [3.63, 3.8) is 0 Å². The van der Waals surface area contributed by atoms with Crippen molar-refractivity contribution in [2.75, 3.05) is 19.8 Å². The van der Waals surface area contributed by atoms with Gasteiger partial charge >= 0.3 is 0 Å². The monoisotopic (exact) mass is 214 g/mol. The summed E-state index contributed by atoms with van der Waals surface area (Å²) in [6.07, 6.45) is 0. The van der Waals surface area contributed by atoms with Crippen molar-refractivity contribution in [1.29, 1.82) is 0 Å². The first-order chi connectivity index (χ1) is 6.59. The second-order valence-electron chi connectivity index (χ2n) is 3.09. The van der Waals surface area contributed by atoms with E-state index in [1.165, 1.54) is 0 Å². The number of halogens is 1. The highest BCUT2D eigenvalue weighted by molar-refractivity contribution is 6.31. The zero-order valence-electron chi connectivity index (χ0n) is 9.34. The molecule has 0 unspecified atom stereocenters. The Balaban J connectivity index is 0.000000791. The number of hydrogen-bond donors (Lipinski definition) is 1. The summed E-state index contributed by atoms with van der Waals surface area (Å²) in [4.78, 5) is 2.07. The van der Waals surface area contributed by atoms with Crippen molar-refractivity contribution >= 4 is 17.3 Å². The topological polar surface area (TPSA) is 29.3 Å². The first-order valence-electron chi connectivity index (χ1n) is 4.78. The van der Waals surface area contributed by atoms with E-state index < -0.39 is 0 Å². The maximum atomic E-state index is 5.97. The van der Waals surface area contributed by atoms with Crippen LogP contribution in [0.3, 0.4) is 0 Å². The molecule has 0 aliphatic rings. The molecule has 0 aliphatic carbocycles. The normalized spacial score (nSPS) is 9.57. The highest BCUT2D eigenvalue weighted by Gasteiger charge is 2.00. The van der Waals surface area contributed by atoms with Crippen molar-refractivity contribution in [1.82, 2.24) is 4.90 Å². The van der Waals surface area contributed by atoms with Crippen molar-refractivity contribution in [2.45, 2.75) is 20.4 Å². The smallest absolute Gasteiger partial charge is 0.0471 e. The summed E-state index contributed by atoms with van der Waals surface area (Å²) in [7, 11) is 4.01. The summed E-state index contributed by atoms with van der Waals surface area (Å²) in [6, 6.07) is 5.60. The second-order valence-corrected chi connectivity index (χ2v) is 3.50. The molecule has 0 aliphatic heterocycles. The fourth-order valence-corrected chi connectivity index (χ4v) is 1.28. The molecule has 0 aromatic heterocycles. The fourth-order valence-electron chi connectivity index (χ4n) is 1.03. The molecule has 80 valence electrons. The van der Waals surface area contributed by atoms with Gasteiger partial charge in [-0.1, -0.05) is 31.5 Å². The van der Waals surface area contributed by atoms with E-state index in [0.29, 0.717) is 5.69 Å². The molecule has 0 saturated heterocycles. The minimum atomic E-state index is 0.711. The number of nitrogens with two attached hydrogens (primary N) is 1. The molecule has 0 amide bonds. The lowest BCUT2D eigenvalue weighted by Crippen LogP contribution is -2.10. The molecule has 0 spiro atoms. The Bertz CT molecular complexity index is 272. The average molecular weight is 215 g/mol. The first-order valence-corrected chi connectivity index (χ1v) is 5.16. The van der Waals surface area contributed by atoms with Gasteiger partial charge in [0.05, 0.1) is 0 Å². The Morgan fingerprint density at radius 3 is 2.29 bits per heavy atom. The molecule has 14 heavy (non-hydrogen) atoms. The third-order valence-electron chi connectivity index (χ3n) is 1.56. The van der Waals surface area contributed by atoms with Gasteiger partial charge in [-0.25, -0.2) is 0 Å². The van der Waals surface area contributed by atoms with Gasteiger partial charge in [-0.2, -0.15) is 0 Å². The summed E-state index contributed by atoms with van der Waals surface area (Å²) in [6.45, 7) is 4.85. The molecule has 1 aromatic rings. The molecule has 2 nitrogen and oxygen atoms in total. The summed E-state index contributed by atoms with van der Waals surface area (Å²) in [5, 5.41) is 0.740. The lowest BCUT2D eigenvalue weighted by Gasteiger charge is -2.11. The van der Waals surface area contributed by atoms with Crippen LogP contribution in [0.25, 0.3) is 0 Å². The van der Waals surface area contributed by atoms with Gasteiger partial charge in [0, 0.05) is 17.3 Å². The van der Waals surface area contributed by atoms with Crippen molar-refractivity contribution in [2.24, 2.45) is 0 Å². The average Bonchev–Trinajstić information content (AvgIpc) is 2.13. The van der Waals surface area contributed by atoms with Crippen LogP contribution in [0.4, 0.5) is 5.69 Å². The van der Waals surface area contributed by atoms with Gasteiger partial charge < -0.3 is 10.6 Å². The van der Waals surface area contributed by atoms with E-state index in [-0.39, 0.29) is 0 Å². The molecule has 1 rings (SSSR count). The number of rotatable bonds is 2. The van der Waals surface area contributed by atoms with Crippen LogP contribution in [-0.4, -0.2) is 19.0 Å². The van der Waals surface area contributed by atoms with E-state index in [2.05, 4.69) is 4.90 Å². The highest BCUT2D eigenvalue weighted by Crippen LogP contribution is 2.19. The van der Waals surface area contributed by atoms with E-state index in [1.54, 1.807) is 6.07 Å². The van der Waals surface area contributed by atoms with Gasteiger partial charge in [0.25, 0.3) is 0 Å². The zero-order chi connectivity index (χ0) is 11.1. The van der Waals surface area contributed by atoms with E-state index in [4.69, 9.17) is 17.3 Å². The maximum absolute atomic E-state index is 5.97. The van der Waals surface area contributed by atoms with Crippen LogP contribution in [0.5, 0.6) is 0 Å². The van der Waals surface area contributed by atoms with Crippen LogP contribution < -0.4 is 5.73 Å². The predicted molar refractivity (Wildman–Crippen MR) is 64.6 cm³/mol. The maximum Gasteiger partial charge on any atom is 0.0471 e. The predicted octanol–water partition coefficient (Wildman–Crippen LogP) is 3.01. The molecule has 0 atom stereocenters. The van der Waals surface area contributed by atoms with Crippen molar-refractivity contribution in [3.05, 3.63) is 28.8 Å². The van der Waals surface area contributed by atoms with Crippen LogP contribution in [0.15, 0.2) is 18.2 Å². The molecular formula is C11H19ClN2. The van der Waals surface area contributed by atoms with Gasteiger partial charge in [-0.15, -0.1) is 0 Å². The number of hydrogen-bond acceptors (Lipinski definition) is 2. The zero-order valence-corrected chi connectivity index (χ0v) is 10.1. The van der Waals surface area contributed by atoms with E-state index in [9.17, 15) is 0 Å². The van der Waals surface area contributed by atoms with Gasteiger partial charge in [0.15, 0.2) is 0 Å². The number of benzene rings is 1. The Kier molecular flexibility index (Phi) is 6.34. The lowest BCUT2D eigenvalue weighted by atomic mass is 10.2. The molecule has 3 heteroatoms. The number of nitrogens with zero attached hydrogens (tertiary/aromatic N) is 1. The minimum absolute atomic E-state index is 0.711. The largest absolute Gasteiger partial charge is 0.399 e. The summed E-state index contributed by atoms with van der Waals surface area (Å²) in [5.41, 5.74) is 7.38. The van der Waals surface area contributed by atoms with Gasteiger partial charge in [0.1, 0.15) is 0 Å². The molecule has 0 radical (unpaired) electrons. The van der Waals surface area contributed by atoms with Crippen LogP contribution >= 0.6 is 11.6 Å². The molecule has 0 bridgehead atoms. The summed E-state index contributed by atoms with van der Waals surface area (Å²) >= 11 is 5.97. The number of nitrogen functional groups attached to an aromatic ring is 1. The second kappa shape index (κ2) is 6.68. The van der Waals surface area contributed by atoms with Crippen molar-refractivity contribution in [3.8, 4) is 0 Å². The standard InChI is InChI=1S/C9H13ClN2.C2H6/c1-12(2)6-7-3-4-8(11)5-9(7)10;1-2/h3-5H,6,11H2,1-2H3;1-2H3. The fraction of sp³-hybridized carbons (Fsp3) is 0.455. The SMILES string of the molecule is CC.CN(C)Cc1ccc(N)cc1Cl. The van der Waals surface area contributed by atoms with Crippen LogP contribution in [0.1, 0.15) is 19.4 Å². The summed E-state index contributed by atoms with van der Waals surface area (Å²) in [5.74, 6) is 0. The van der Waals surface area contributed by atoms with Crippen LogP contribution in [-0.2, 0) is 6.54 Å². The van der Waals surface area contributed by atoms with Crippen LogP contribution in [0.2, 0.25) is 5.02 Å². The Labute approximate surface area is 91.7 Å². The van der Waals surface area contributed by atoms with E-state index >= 15 is 0 Å². The van der Waals surface area contributed by atoms with Gasteiger partial charge in [0.2, 0.25) is 0 Å². The molecule has 2 N–H and O–H groups in total. The Morgan fingerprint density at radius 2 is 1.86 bits per heavy atom. The van der Waals surface area contributed by atoms with Gasteiger partial charge in [-0.3, -0.25) is 0 Å². The number of anilines is 1. The lowest BCUT2D eigenvalue weighted by molar-refractivity contribution is 0.402. The molecular weight excluding hydrogens is 196 g/mol. The molecule has 0 fully saturated rings. The van der Waals surface area contributed by atoms with Crippen molar-refractivity contribution < 1.29 is 0 Å². The van der Waals surface area contributed by atoms with Gasteiger partial charge in [-0.05, 0) is 31.8 Å². The first kappa shape index (κ1) is 13.3. The third kappa shape index (κ3) is 4.49. The highest BCUT2D eigenvalue weighted by atomic mass is 35.5. The van der Waals surface area contributed by atoms with E-state index in [0.717, 1.165) is 17.1 Å². The quantitative estimate of drug-likeness (QED) is 0.767. The summed E-state index contributed by atoms with van der Waals surface area (Å²) < 4.78 is 0. The van der Waals surface area contributed by atoms with E-state index in [1.807, 2.05) is 40.1 Å². The minimum Gasteiger partial charge on any atom is -0.399 e. The van der Waals surface area contributed by atoms with Crippen LogP contribution in [0, 0.1) is 0 Å². The Hall–Kier alpha value is -0.730. The molecule has 1 aromatic carbocycles.